The van der Waals surface area contributed by atoms with E-state index in [-0.39, 0.29) is 24.0 Å². The van der Waals surface area contributed by atoms with Crippen LogP contribution in [0.4, 0.5) is 21.9 Å². The second-order valence-electron chi connectivity index (χ2n) is 9.72. The molecule has 196 valence electrons. The average molecular weight is 539 g/mol. The molecule has 6 rings (SSSR count). The molecular formula is C29H26N6O3S. The molecule has 0 spiro atoms. The van der Waals surface area contributed by atoms with Crippen molar-refractivity contribution in [2.45, 2.75) is 44.7 Å². The fourth-order valence-electron chi connectivity index (χ4n) is 5.27. The van der Waals surface area contributed by atoms with Gasteiger partial charge in [0.05, 0.1) is 22.4 Å². The lowest BCUT2D eigenvalue weighted by atomic mass is 9.91. The highest BCUT2D eigenvalue weighted by molar-refractivity contribution is 7.21. The molecule has 0 unspecified atom stereocenters. The van der Waals surface area contributed by atoms with E-state index >= 15 is 0 Å². The molecule has 10 heteroatoms. The van der Waals surface area contributed by atoms with E-state index < -0.39 is 0 Å². The summed E-state index contributed by atoms with van der Waals surface area (Å²) in [4.78, 5) is 34.1. The quantitative estimate of drug-likeness (QED) is 0.199. The molecule has 0 radical (unpaired) electrons. The summed E-state index contributed by atoms with van der Waals surface area (Å²) in [5, 5.41) is 18.5. The van der Waals surface area contributed by atoms with Gasteiger partial charge in [-0.3, -0.25) is 9.69 Å². The van der Waals surface area contributed by atoms with Crippen molar-refractivity contribution in [3.05, 3.63) is 71.2 Å². The number of amides is 3. The number of ether oxygens (including phenoxy) is 1. The van der Waals surface area contributed by atoms with Crippen LogP contribution in [0.2, 0.25) is 0 Å². The molecule has 3 heterocycles. The fraction of sp³-hybridized carbons (Fsp3) is 0.241. The minimum atomic E-state index is -0.342. The van der Waals surface area contributed by atoms with Crippen LogP contribution in [-0.4, -0.2) is 29.0 Å². The number of benzene rings is 2. The Morgan fingerprint density at radius 1 is 1.08 bits per heavy atom. The maximum atomic E-state index is 13.5. The number of aryl methyl sites for hydroxylation is 1. The number of carbonyl (C=O) groups is 2. The molecule has 2 aromatic carbocycles. The van der Waals surface area contributed by atoms with E-state index in [1.165, 1.54) is 11.3 Å². The minimum absolute atomic E-state index is 0.0224. The second kappa shape index (κ2) is 10.3. The number of carbonyl (C=O) groups excluding carboxylic acids is 2. The molecule has 3 N–H and O–H groups in total. The number of nitriles is 1. The summed E-state index contributed by atoms with van der Waals surface area (Å²) in [6.45, 7) is 1.93. The SMILES string of the molecule is Cc1cc(Oc2ccccc2)ccc1N1C(=O)Nc2c(C(=O)N[C@H]3CC[C@@H](NC#N)CC3)sc3nccc1c23. The Kier molecular flexibility index (Phi) is 6.50. The Morgan fingerprint density at radius 2 is 1.85 bits per heavy atom. The van der Waals surface area contributed by atoms with Gasteiger partial charge in [0.1, 0.15) is 21.2 Å². The van der Waals surface area contributed by atoms with E-state index in [2.05, 4.69) is 20.9 Å². The molecule has 0 atom stereocenters. The standard InChI is InChI=1S/C29H26N6O3S/c1-17-15-21(38-20-5-3-2-4-6-20)11-12-22(17)35-23-13-14-31-28-24(23)25(34-29(35)37)26(39-28)27(36)33-19-9-7-18(8-10-19)32-16-30/h2-6,11-15,18-19,32H,7-10H2,1H3,(H,33,36)(H,34,37)/t18-,19+. The lowest BCUT2D eigenvalue weighted by molar-refractivity contribution is 0.0930. The summed E-state index contributed by atoms with van der Waals surface area (Å²) in [6, 6.07) is 16.8. The van der Waals surface area contributed by atoms with Gasteiger partial charge in [-0.25, -0.2) is 9.78 Å². The molecule has 0 bridgehead atoms. The smallest absolute Gasteiger partial charge is 0.331 e. The van der Waals surface area contributed by atoms with E-state index in [1.54, 1.807) is 17.2 Å². The molecule has 4 aromatic rings. The second-order valence-corrected chi connectivity index (χ2v) is 10.7. The molecule has 1 aliphatic carbocycles. The lowest BCUT2D eigenvalue weighted by Gasteiger charge is -2.30. The first-order chi connectivity index (χ1) is 19.0. The van der Waals surface area contributed by atoms with E-state index in [4.69, 9.17) is 10.00 Å². The molecule has 1 aliphatic heterocycles. The van der Waals surface area contributed by atoms with Crippen LogP contribution in [0.15, 0.2) is 60.8 Å². The van der Waals surface area contributed by atoms with Crippen LogP contribution in [0.5, 0.6) is 11.5 Å². The van der Waals surface area contributed by atoms with Gasteiger partial charge in [-0.1, -0.05) is 18.2 Å². The van der Waals surface area contributed by atoms with Crippen molar-refractivity contribution >= 4 is 50.6 Å². The number of anilines is 3. The molecule has 3 amide bonds. The summed E-state index contributed by atoms with van der Waals surface area (Å²) in [5.41, 5.74) is 2.75. The molecule has 39 heavy (non-hydrogen) atoms. The van der Waals surface area contributed by atoms with E-state index in [9.17, 15) is 9.59 Å². The number of para-hydroxylation sites is 1. The number of nitrogens with one attached hydrogen (secondary N) is 3. The molecule has 1 saturated carbocycles. The van der Waals surface area contributed by atoms with Gasteiger partial charge in [0.25, 0.3) is 5.91 Å². The highest BCUT2D eigenvalue weighted by Gasteiger charge is 2.34. The number of hydrogen-bond acceptors (Lipinski definition) is 7. The van der Waals surface area contributed by atoms with Crippen molar-refractivity contribution in [2.75, 3.05) is 10.2 Å². The van der Waals surface area contributed by atoms with Crippen molar-refractivity contribution in [1.82, 2.24) is 15.6 Å². The normalized spacial score (nSPS) is 18.3. The fourth-order valence-corrected chi connectivity index (χ4v) is 6.30. The van der Waals surface area contributed by atoms with Crippen molar-refractivity contribution in [3.8, 4) is 17.7 Å². The predicted octanol–water partition coefficient (Wildman–Crippen LogP) is 6.19. The first kappa shape index (κ1) is 24.7. The van der Waals surface area contributed by atoms with Crippen molar-refractivity contribution < 1.29 is 14.3 Å². The molecule has 2 aliphatic rings. The number of pyridine rings is 1. The summed E-state index contributed by atoms with van der Waals surface area (Å²) in [5.74, 6) is 1.19. The third kappa shape index (κ3) is 4.73. The first-order valence-electron chi connectivity index (χ1n) is 12.8. The summed E-state index contributed by atoms with van der Waals surface area (Å²) in [7, 11) is 0. The minimum Gasteiger partial charge on any atom is -0.457 e. The maximum Gasteiger partial charge on any atom is 0.331 e. The van der Waals surface area contributed by atoms with Gasteiger partial charge in [0.2, 0.25) is 0 Å². The summed E-state index contributed by atoms with van der Waals surface area (Å²) >= 11 is 1.28. The summed E-state index contributed by atoms with van der Waals surface area (Å²) in [6.07, 6.45) is 6.89. The number of aromatic nitrogens is 1. The zero-order valence-corrected chi connectivity index (χ0v) is 22.0. The van der Waals surface area contributed by atoms with Crippen LogP contribution in [-0.2, 0) is 0 Å². The highest BCUT2D eigenvalue weighted by Crippen LogP contribution is 2.46. The van der Waals surface area contributed by atoms with E-state index in [0.29, 0.717) is 32.5 Å². The Labute approximate surface area is 229 Å². The van der Waals surface area contributed by atoms with Gasteiger partial charge in [0.15, 0.2) is 6.19 Å². The van der Waals surface area contributed by atoms with E-state index in [1.807, 2.05) is 61.6 Å². The van der Waals surface area contributed by atoms with Crippen LogP contribution < -0.4 is 25.6 Å². The van der Waals surface area contributed by atoms with Crippen LogP contribution in [0.3, 0.4) is 0 Å². The number of nitrogens with zero attached hydrogens (tertiary/aromatic N) is 3. The van der Waals surface area contributed by atoms with Crippen LogP contribution >= 0.6 is 11.3 Å². The zero-order valence-electron chi connectivity index (χ0n) is 21.2. The Morgan fingerprint density at radius 3 is 2.59 bits per heavy atom. The van der Waals surface area contributed by atoms with Crippen LogP contribution in [0.1, 0.15) is 40.9 Å². The van der Waals surface area contributed by atoms with Crippen LogP contribution in [0.25, 0.3) is 10.2 Å². The van der Waals surface area contributed by atoms with Gasteiger partial charge in [0, 0.05) is 18.3 Å². The lowest BCUT2D eigenvalue weighted by Crippen LogP contribution is -2.41. The zero-order chi connectivity index (χ0) is 26.9. The van der Waals surface area contributed by atoms with Gasteiger partial charge < -0.3 is 20.7 Å². The van der Waals surface area contributed by atoms with Crippen molar-refractivity contribution in [1.29, 1.82) is 5.26 Å². The van der Waals surface area contributed by atoms with Gasteiger partial charge in [-0.15, -0.1) is 11.3 Å². The number of hydrogen-bond donors (Lipinski definition) is 3. The monoisotopic (exact) mass is 538 g/mol. The van der Waals surface area contributed by atoms with Crippen molar-refractivity contribution in [2.24, 2.45) is 0 Å². The third-order valence-corrected chi connectivity index (χ3v) is 8.27. The molecule has 1 fully saturated rings. The first-order valence-corrected chi connectivity index (χ1v) is 13.6. The van der Waals surface area contributed by atoms with Crippen molar-refractivity contribution in [3.63, 3.8) is 0 Å². The topological polar surface area (TPSA) is 119 Å². The Bertz CT molecular complexity index is 1600. The van der Waals surface area contributed by atoms with Crippen LogP contribution in [0, 0.1) is 18.4 Å². The molecular weight excluding hydrogens is 512 g/mol. The third-order valence-electron chi connectivity index (χ3n) is 7.17. The largest absolute Gasteiger partial charge is 0.457 e. The average Bonchev–Trinajstić information content (AvgIpc) is 3.31. The van der Waals surface area contributed by atoms with Gasteiger partial charge >= 0.3 is 6.03 Å². The Hall–Kier alpha value is -4.62. The molecule has 2 aromatic heterocycles. The maximum absolute atomic E-state index is 13.5. The molecule has 0 saturated heterocycles. The van der Waals surface area contributed by atoms with Gasteiger partial charge in [-0.2, -0.15) is 5.26 Å². The Balaban J connectivity index is 1.28. The van der Waals surface area contributed by atoms with Gasteiger partial charge in [-0.05, 0) is 74.6 Å². The number of urea groups is 1. The number of rotatable bonds is 6. The predicted molar refractivity (Wildman–Crippen MR) is 151 cm³/mol. The summed E-state index contributed by atoms with van der Waals surface area (Å²) < 4.78 is 5.96. The van der Waals surface area contributed by atoms with E-state index in [0.717, 1.165) is 42.4 Å². The highest BCUT2D eigenvalue weighted by atomic mass is 32.1. The molecule has 9 nitrogen and oxygen atoms in total. The number of thiophene rings is 1.